The minimum atomic E-state index is -0.528. The van der Waals surface area contributed by atoms with Gasteiger partial charge in [-0.3, -0.25) is 10.1 Å². The fourth-order valence-electron chi connectivity index (χ4n) is 1.61. The van der Waals surface area contributed by atoms with Crippen LogP contribution in [0.3, 0.4) is 0 Å². The zero-order chi connectivity index (χ0) is 14.2. The van der Waals surface area contributed by atoms with E-state index in [1.807, 2.05) is 0 Å². The predicted molar refractivity (Wildman–Crippen MR) is 78.6 cm³/mol. The summed E-state index contributed by atoms with van der Waals surface area (Å²) in [4.78, 5) is 10.5. The molecule has 2 rings (SSSR count). The second-order valence-electron chi connectivity index (χ2n) is 3.66. The first kappa shape index (κ1) is 14.4. The summed E-state index contributed by atoms with van der Waals surface area (Å²) < 4.78 is 0. The fourth-order valence-corrected chi connectivity index (χ4v) is 2.43. The molecule has 7 heteroatoms. The first-order chi connectivity index (χ1) is 8.90. The van der Waals surface area contributed by atoms with Gasteiger partial charge in [0.25, 0.3) is 5.69 Å². The van der Waals surface area contributed by atoms with Crippen molar-refractivity contribution in [1.29, 1.82) is 0 Å². The number of halogens is 4. The van der Waals surface area contributed by atoms with Crippen LogP contribution >= 0.6 is 46.4 Å². The Kier molecular flexibility index (Phi) is 4.21. The molecule has 0 unspecified atom stereocenters. The van der Waals surface area contributed by atoms with Gasteiger partial charge in [-0.1, -0.05) is 46.4 Å². The van der Waals surface area contributed by atoms with Gasteiger partial charge in [-0.15, -0.1) is 0 Å². The van der Waals surface area contributed by atoms with Crippen molar-refractivity contribution in [2.24, 2.45) is 0 Å². The van der Waals surface area contributed by atoms with Crippen molar-refractivity contribution in [3.63, 3.8) is 0 Å². The van der Waals surface area contributed by atoms with E-state index in [0.29, 0.717) is 11.1 Å². The molecule has 98 valence electrons. The molecule has 19 heavy (non-hydrogen) atoms. The first-order valence-electron chi connectivity index (χ1n) is 4.99. The van der Waals surface area contributed by atoms with E-state index in [4.69, 9.17) is 46.4 Å². The monoisotopic (exact) mass is 335 g/mol. The Morgan fingerprint density at radius 2 is 1.47 bits per heavy atom. The van der Waals surface area contributed by atoms with Gasteiger partial charge in [-0.2, -0.15) is 0 Å². The molecular weight excluding hydrogens is 332 g/mol. The Balaban J connectivity index is 2.72. The number of hydrogen-bond donors (Lipinski definition) is 0. The maximum atomic E-state index is 11.1. The van der Waals surface area contributed by atoms with Gasteiger partial charge in [0.05, 0.1) is 25.6 Å². The van der Waals surface area contributed by atoms with E-state index in [9.17, 15) is 10.1 Å². The van der Waals surface area contributed by atoms with E-state index >= 15 is 0 Å². The number of benzene rings is 2. The van der Waals surface area contributed by atoms with Crippen LogP contribution in [0.15, 0.2) is 30.3 Å². The van der Waals surface area contributed by atoms with Crippen LogP contribution in [-0.2, 0) is 0 Å². The van der Waals surface area contributed by atoms with Gasteiger partial charge >= 0.3 is 0 Å². The normalized spacial score (nSPS) is 10.5. The summed E-state index contributed by atoms with van der Waals surface area (Å²) in [7, 11) is 0. The zero-order valence-corrected chi connectivity index (χ0v) is 12.2. The summed E-state index contributed by atoms with van der Waals surface area (Å²) in [5.74, 6) is 0. The summed E-state index contributed by atoms with van der Waals surface area (Å²) in [5.41, 5.74) is 0.616. The molecule has 0 fully saturated rings. The molecule has 0 aliphatic rings. The quantitative estimate of drug-likeness (QED) is 0.390. The molecule has 0 aromatic heterocycles. The molecule has 0 heterocycles. The van der Waals surface area contributed by atoms with Gasteiger partial charge < -0.3 is 0 Å². The molecule has 0 N–H and O–H groups in total. The topological polar surface area (TPSA) is 43.1 Å². The van der Waals surface area contributed by atoms with Crippen molar-refractivity contribution < 1.29 is 4.92 Å². The van der Waals surface area contributed by atoms with Crippen LogP contribution in [0.5, 0.6) is 0 Å². The minimum Gasteiger partial charge on any atom is -0.258 e. The van der Waals surface area contributed by atoms with Crippen LogP contribution in [-0.4, -0.2) is 4.92 Å². The van der Waals surface area contributed by atoms with Crippen molar-refractivity contribution in [3.05, 3.63) is 60.5 Å². The number of nitro groups is 1. The standard InChI is InChI=1S/C12H5Cl4NO2/c13-6-1-2-7(12(3-6)17(18)19)8-4-10(15)11(16)5-9(8)14/h1-5H. The average Bonchev–Trinajstić information content (AvgIpc) is 2.34. The van der Waals surface area contributed by atoms with Gasteiger partial charge in [0.2, 0.25) is 0 Å². The molecule has 0 bridgehead atoms. The van der Waals surface area contributed by atoms with Crippen LogP contribution in [0.1, 0.15) is 0 Å². The minimum absolute atomic E-state index is 0.146. The van der Waals surface area contributed by atoms with E-state index in [1.54, 1.807) is 6.07 Å². The third-order valence-corrected chi connectivity index (χ3v) is 3.73. The molecule has 2 aromatic rings. The maximum Gasteiger partial charge on any atom is 0.278 e. The summed E-state index contributed by atoms with van der Waals surface area (Å²) >= 11 is 23.6. The molecule has 0 saturated carbocycles. The van der Waals surface area contributed by atoms with Crippen molar-refractivity contribution in [2.45, 2.75) is 0 Å². The van der Waals surface area contributed by atoms with Crippen molar-refractivity contribution >= 4 is 52.1 Å². The Labute approximate surface area is 128 Å². The second kappa shape index (κ2) is 5.55. The third-order valence-electron chi connectivity index (χ3n) is 2.46. The summed E-state index contributed by atoms with van der Waals surface area (Å²) in [6.07, 6.45) is 0. The van der Waals surface area contributed by atoms with Gasteiger partial charge in [-0.05, 0) is 24.3 Å². The van der Waals surface area contributed by atoms with Crippen LogP contribution < -0.4 is 0 Å². The van der Waals surface area contributed by atoms with E-state index in [2.05, 4.69) is 0 Å². The number of nitrogens with zero attached hydrogens (tertiary/aromatic N) is 1. The van der Waals surface area contributed by atoms with Crippen LogP contribution in [0, 0.1) is 10.1 Å². The maximum absolute atomic E-state index is 11.1. The number of nitro benzene ring substituents is 1. The molecule has 0 aliphatic heterocycles. The van der Waals surface area contributed by atoms with Gasteiger partial charge in [0, 0.05) is 16.7 Å². The van der Waals surface area contributed by atoms with E-state index < -0.39 is 4.92 Å². The fraction of sp³-hybridized carbons (Fsp3) is 0. The van der Waals surface area contributed by atoms with Crippen molar-refractivity contribution in [2.75, 3.05) is 0 Å². The molecule has 3 nitrogen and oxygen atoms in total. The molecule has 0 saturated heterocycles. The smallest absolute Gasteiger partial charge is 0.258 e. The molecular formula is C12H5Cl4NO2. The molecule has 0 radical (unpaired) electrons. The highest BCUT2D eigenvalue weighted by atomic mass is 35.5. The predicted octanol–water partition coefficient (Wildman–Crippen LogP) is 5.88. The molecule has 2 aromatic carbocycles. The molecule has 0 amide bonds. The molecule has 0 aliphatic carbocycles. The van der Waals surface area contributed by atoms with Crippen LogP contribution in [0.25, 0.3) is 11.1 Å². The van der Waals surface area contributed by atoms with E-state index in [0.717, 1.165) is 0 Å². The van der Waals surface area contributed by atoms with Gasteiger partial charge in [0.15, 0.2) is 0 Å². The lowest BCUT2D eigenvalue weighted by Crippen LogP contribution is -1.92. The lowest BCUT2D eigenvalue weighted by atomic mass is 10.0. The van der Waals surface area contributed by atoms with E-state index in [1.165, 1.54) is 24.3 Å². The van der Waals surface area contributed by atoms with Crippen LogP contribution in [0.4, 0.5) is 5.69 Å². The zero-order valence-electron chi connectivity index (χ0n) is 9.16. The number of hydrogen-bond acceptors (Lipinski definition) is 2. The Morgan fingerprint density at radius 3 is 2.11 bits per heavy atom. The summed E-state index contributed by atoms with van der Waals surface area (Å²) in [6, 6.07) is 7.26. The Morgan fingerprint density at radius 1 is 0.842 bits per heavy atom. The van der Waals surface area contributed by atoms with Gasteiger partial charge in [0.1, 0.15) is 0 Å². The SMILES string of the molecule is O=[N+]([O-])c1cc(Cl)ccc1-c1cc(Cl)c(Cl)cc1Cl. The van der Waals surface area contributed by atoms with Crippen molar-refractivity contribution in [3.8, 4) is 11.1 Å². The average molecular weight is 337 g/mol. The Hall–Kier alpha value is -1.000. The largest absolute Gasteiger partial charge is 0.278 e. The molecule has 0 atom stereocenters. The highest BCUT2D eigenvalue weighted by Gasteiger charge is 2.19. The highest BCUT2D eigenvalue weighted by molar-refractivity contribution is 6.44. The second-order valence-corrected chi connectivity index (χ2v) is 5.32. The summed E-state index contributed by atoms with van der Waals surface area (Å²) in [5, 5.41) is 12.2. The first-order valence-corrected chi connectivity index (χ1v) is 6.50. The van der Waals surface area contributed by atoms with Crippen molar-refractivity contribution in [1.82, 2.24) is 0 Å². The lowest BCUT2D eigenvalue weighted by molar-refractivity contribution is -0.384. The van der Waals surface area contributed by atoms with Crippen LogP contribution in [0.2, 0.25) is 20.1 Å². The highest BCUT2D eigenvalue weighted by Crippen LogP contribution is 2.39. The van der Waals surface area contributed by atoms with Gasteiger partial charge in [-0.25, -0.2) is 0 Å². The number of rotatable bonds is 2. The summed E-state index contributed by atoms with van der Waals surface area (Å²) in [6.45, 7) is 0. The Bertz CT molecular complexity index is 673. The lowest BCUT2D eigenvalue weighted by Gasteiger charge is -2.07. The van der Waals surface area contributed by atoms with E-state index in [-0.39, 0.29) is 25.8 Å². The molecule has 0 spiro atoms. The third kappa shape index (κ3) is 2.95.